The van der Waals surface area contributed by atoms with Gasteiger partial charge in [0.05, 0.1) is 4.95 Å². The smallest absolute Gasteiger partial charge is 0.0652 e. The molecule has 0 radical (unpaired) electrons. The Kier molecular flexibility index (Phi) is 5.50. The molecule has 0 aromatic heterocycles. The van der Waals surface area contributed by atoms with Crippen LogP contribution in [0.3, 0.4) is 0 Å². The summed E-state index contributed by atoms with van der Waals surface area (Å²) in [6.07, 6.45) is 1.18. The number of alkyl halides is 1. The molecule has 0 bridgehead atoms. The summed E-state index contributed by atoms with van der Waals surface area (Å²) in [5, 5.41) is 0. The molecule has 56 valence electrons. The fourth-order valence-electron chi connectivity index (χ4n) is 0.878. The van der Waals surface area contributed by atoms with Crippen LogP contribution in [-0.2, 0) is 0 Å². The molecule has 0 aromatic rings. The van der Waals surface area contributed by atoms with Gasteiger partial charge in [-0.25, -0.2) is 0 Å². The van der Waals surface area contributed by atoms with Gasteiger partial charge in [0.2, 0.25) is 0 Å². The van der Waals surface area contributed by atoms with E-state index in [-0.39, 0.29) is 0 Å². The van der Waals surface area contributed by atoms with Gasteiger partial charge in [-0.3, -0.25) is 4.90 Å². The van der Waals surface area contributed by atoms with Gasteiger partial charge in [0.1, 0.15) is 0 Å². The SMILES string of the molecule is CCC(Br)N(CC)CC. The summed E-state index contributed by atoms with van der Waals surface area (Å²) in [5.41, 5.74) is 0. The lowest BCUT2D eigenvalue weighted by atomic mass is 10.4. The third kappa shape index (κ3) is 3.21. The van der Waals surface area contributed by atoms with E-state index in [1.54, 1.807) is 0 Å². The van der Waals surface area contributed by atoms with Crippen molar-refractivity contribution in [1.82, 2.24) is 4.90 Å². The molecule has 2 heteroatoms. The Morgan fingerprint density at radius 3 is 1.78 bits per heavy atom. The van der Waals surface area contributed by atoms with Crippen LogP contribution in [0.15, 0.2) is 0 Å². The third-order valence-electron chi connectivity index (χ3n) is 1.55. The van der Waals surface area contributed by atoms with Gasteiger partial charge in [-0.15, -0.1) is 0 Å². The Bertz CT molecular complexity index is 61.9. The van der Waals surface area contributed by atoms with Gasteiger partial charge in [-0.2, -0.15) is 0 Å². The third-order valence-corrected chi connectivity index (χ3v) is 2.77. The largest absolute Gasteiger partial charge is 0.292 e. The van der Waals surface area contributed by atoms with E-state index in [9.17, 15) is 0 Å². The fourth-order valence-corrected chi connectivity index (χ4v) is 1.46. The summed E-state index contributed by atoms with van der Waals surface area (Å²) < 4.78 is 0. The van der Waals surface area contributed by atoms with Crippen molar-refractivity contribution in [3.8, 4) is 0 Å². The summed E-state index contributed by atoms with van der Waals surface area (Å²) in [5.74, 6) is 0. The maximum atomic E-state index is 3.59. The molecular formula is C7H16BrN. The molecule has 0 amide bonds. The highest BCUT2D eigenvalue weighted by atomic mass is 79.9. The molecule has 0 aromatic carbocycles. The standard InChI is InChI=1S/C7H16BrN/c1-4-7(8)9(5-2)6-3/h7H,4-6H2,1-3H3. The first-order valence-electron chi connectivity index (χ1n) is 3.64. The Labute approximate surface area is 66.6 Å². The molecule has 1 nitrogen and oxygen atoms in total. The molecular weight excluding hydrogens is 178 g/mol. The van der Waals surface area contributed by atoms with Crippen molar-refractivity contribution < 1.29 is 0 Å². The van der Waals surface area contributed by atoms with Crippen LogP contribution in [0.2, 0.25) is 0 Å². The zero-order valence-corrected chi connectivity index (χ0v) is 8.11. The van der Waals surface area contributed by atoms with Crippen molar-refractivity contribution in [3.05, 3.63) is 0 Å². The number of hydrogen-bond acceptors (Lipinski definition) is 1. The van der Waals surface area contributed by atoms with Crippen LogP contribution in [0.25, 0.3) is 0 Å². The summed E-state index contributed by atoms with van der Waals surface area (Å²) in [6, 6.07) is 0. The molecule has 0 saturated heterocycles. The first kappa shape index (κ1) is 9.44. The molecule has 9 heavy (non-hydrogen) atoms. The van der Waals surface area contributed by atoms with E-state index in [1.807, 2.05) is 0 Å². The zero-order chi connectivity index (χ0) is 7.28. The van der Waals surface area contributed by atoms with E-state index >= 15 is 0 Å². The summed E-state index contributed by atoms with van der Waals surface area (Å²) >= 11 is 3.59. The molecule has 1 atom stereocenters. The number of hydrogen-bond donors (Lipinski definition) is 0. The van der Waals surface area contributed by atoms with Gasteiger partial charge >= 0.3 is 0 Å². The predicted molar refractivity (Wildman–Crippen MR) is 45.9 cm³/mol. The molecule has 0 aliphatic carbocycles. The summed E-state index contributed by atoms with van der Waals surface area (Å²) in [7, 11) is 0. The topological polar surface area (TPSA) is 3.24 Å². The van der Waals surface area contributed by atoms with Crippen LogP contribution in [0.5, 0.6) is 0 Å². The zero-order valence-electron chi connectivity index (χ0n) is 6.52. The first-order chi connectivity index (χ1) is 4.26. The van der Waals surface area contributed by atoms with Crippen LogP contribution in [0.1, 0.15) is 27.2 Å². The predicted octanol–water partition coefficient (Wildman–Crippen LogP) is 2.46. The minimum atomic E-state index is 0.576. The minimum absolute atomic E-state index is 0.576. The van der Waals surface area contributed by atoms with E-state index in [1.165, 1.54) is 6.42 Å². The highest BCUT2D eigenvalue weighted by molar-refractivity contribution is 9.09. The lowest BCUT2D eigenvalue weighted by Gasteiger charge is -2.22. The monoisotopic (exact) mass is 193 g/mol. The molecule has 0 aliphatic heterocycles. The van der Waals surface area contributed by atoms with Crippen LogP contribution in [-0.4, -0.2) is 22.9 Å². The van der Waals surface area contributed by atoms with Crippen molar-refractivity contribution in [1.29, 1.82) is 0 Å². The average molecular weight is 194 g/mol. The highest BCUT2D eigenvalue weighted by Gasteiger charge is 2.07. The quantitative estimate of drug-likeness (QED) is 0.490. The lowest BCUT2D eigenvalue weighted by Crippen LogP contribution is -2.29. The maximum Gasteiger partial charge on any atom is 0.0652 e. The van der Waals surface area contributed by atoms with Crippen molar-refractivity contribution >= 4 is 15.9 Å². The van der Waals surface area contributed by atoms with Crippen molar-refractivity contribution in [2.45, 2.75) is 32.1 Å². The number of halogens is 1. The van der Waals surface area contributed by atoms with Crippen molar-refractivity contribution in [2.75, 3.05) is 13.1 Å². The van der Waals surface area contributed by atoms with Gasteiger partial charge in [0.25, 0.3) is 0 Å². The summed E-state index contributed by atoms with van der Waals surface area (Å²) in [6.45, 7) is 8.85. The maximum absolute atomic E-state index is 3.59. The molecule has 0 spiro atoms. The van der Waals surface area contributed by atoms with Crippen LogP contribution >= 0.6 is 15.9 Å². The molecule has 0 saturated carbocycles. The number of nitrogens with zero attached hydrogens (tertiary/aromatic N) is 1. The molecule has 0 fully saturated rings. The summed E-state index contributed by atoms with van der Waals surface area (Å²) in [4.78, 5) is 2.97. The Morgan fingerprint density at radius 1 is 1.22 bits per heavy atom. The molecule has 0 N–H and O–H groups in total. The first-order valence-corrected chi connectivity index (χ1v) is 4.55. The Hall–Kier alpha value is 0.440. The Balaban J connectivity index is 3.50. The van der Waals surface area contributed by atoms with Gasteiger partial charge in [0, 0.05) is 0 Å². The van der Waals surface area contributed by atoms with Gasteiger partial charge in [0.15, 0.2) is 0 Å². The minimum Gasteiger partial charge on any atom is -0.292 e. The molecule has 0 heterocycles. The van der Waals surface area contributed by atoms with Crippen molar-refractivity contribution in [3.63, 3.8) is 0 Å². The highest BCUT2D eigenvalue weighted by Crippen LogP contribution is 2.09. The van der Waals surface area contributed by atoms with Gasteiger partial charge < -0.3 is 0 Å². The fraction of sp³-hybridized carbons (Fsp3) is 1.00. The van der Waals surface area contributed by atoms with Crippen molar-refractivity contribution in [2.24, 2.45) is 0 Å². The molecule has 1 unspecified atom stereocenters. The lowest BCUT2D eigenvalue weighted by molar-refractivity contribution is 0.284. The average Bonchev–Trinajstić information content (AvgIpc) is 1.90. The van der Waals surface area contributed by atoms with E-state index in [4.69, 9.17) is 0 Å². The second kappa shape index (κ2) is 5.24. The van der Waals surface area contributed by atoms with Crippen LogP contribution in [0.4, 0.5) is 0 Å². The van der Waals surface area contributed by atoms with E-state index in [2.05, 4.69) is 41.6 Å². The molecule has 0 aliphatic rings. The van der Waals surface area contributed by atoms with Gasteiger partial charge in [-0.1, -0.05) is 36.7 Å². The normalized spacial score (nSPS) is 14.3. The van der Waals surface area contributed by atoms with Gasteiger partial charge in [-0.05, 0) is 19.5 Å². The van der Waals surface area contributed by atoms with E-state index in [0.717, 1.165) is 13.1 Å². The van der Waals surface area contributed by atoms with E-state index in [0.29, 0.717) is 4.95 Å². The second-order valence-corrected chi connectivity index (χ2v) is 3.12. The number of rotatable bonds is 4. The Morgan fingerprint density at radius 2 is 1.67 bits per heavy atom. The molecule has 0 rings (SSSR count). The van der Waals surface area contributed by atoms with E-state index < -0.39 is 0 Å². The van der Waals surface area contributed by atoms with Crippen LogP contribution < -0.4 is 0 Å². The van der Waals surface area contributed by atoms with Crippen LogP contribution in [0, 0.1) is 0 Å². The second-order valence-electron chi connectivity index (χ2n) is 2.06.